The summed E-state index contributed by atoms with van der Waals surface area (Å²) in [7, 11) is 0. The molecule has 0 radical (unpaired) electrons. The summed E-state index contributed by atoms with van der Waals surface area (Å²) >= 11 is 0. The first-order chi connectivity index (χ1) is 12.2. The molecule has 1 aromatic rings. The average Bonchev–Trinajstić information content (AvgIpc) is 2.90. The number of nitrogens with one attached hydrogen (secondary N) is 1. The van der Waals surface area contributed by atoms with Crippen molar-refractivity contribution < 1.29 is 14.3 Å². The van der Waals surface area contributed by atoms with Crippen molar-refractivity contribution in [1.29, 1.82) is 0 Å². The molecule has 1 N–H and O–H groups in total. The van der Waals surface area contributed by atoms with Gasteiger partial charge in [0.2, 0.25) is 11.8 Å². The molecule has 134 valence electrons. The molecule has 4 rings (SSSR count). The van der Waals surface area contributed by atoms with Crippen molar-refractivity contribution in [3.05, 3.63) is 35.9 Å². The molecule has 0 aliphatic carbocycles. The first-order valence-electron chi connectivity index (χ1n) is 9.18. The van der Waals surface area contributed by atoms with Crippen LogP contribution in [0, 0.1) is 0 Å². The molecule has 3 unspecified atom stereocenters. The minimum absolute atomic E-state index is 0.0557. The van der Waals surface area contributed by atoms with E-state index in [4.69, 9.17) is 4.74 Å². The third-order valence-corrected chi connectivity index (χ3v) is 5.59. The van der Waals surface area contributed by atoms with Crippen molar-refractivity contribution in [3.63, 3.8) is 0 Å². The van der Waals surface area contributed by atoms with Gasteiger partial charge >= 0.3 is 0 Å². The second kappa shape index (κ2) is 7.14. The molecule has 1 aromatic carbocycles. The minimum Gasteiger partial charge on any atom is -0.369 e. The van der Waals surface area contributed by atoms with Gasteiger partial charge in [-0.05, 0) is 31.4 Å². The van der Waals surface area contributed by atoms with E-state index in [0.717, 1.165) is 37.9 Å². The summed E-state index contributed by atoms with van der Waals surface area (Å²) in [5, 5.41) is 3.42. The van der Waals surface area contributed by atoms with Gasteiger partial charge in [-0.1, -0.05) is 30.3 Å². The number of carbonyl (C=O) groups excluding carboxylic acids is 2. The Morgan fingerprint density at radius 1 is 1.16 bits per heavy atom. The number of carbonyl (C=O) groups is 2. The second-order valence-electron chi connectivity index (χ2n) is 7.16. The highest BCUT2D eigenvalue weighted by Crippen LogP contribution is 2.30. The standard InChI is InChI=1S/C19H25N3O3/c23-18-13-25-12-17(21(18)11-14-4-2-1-3-5-14)19(24)22-15-6-7-16(22)10-20-9-8-15/h1-5,15-17,20H,6-13H2. The lowest BCUT2D eigenvalue weighted by molar-refractivity contribution is -0.161. The van der Waals surface area contributed by atoms with E-state index in [-0.39, 0.29) is 24.5 Å². The van der Waals surface area contributed by atoms with Gasteiger partial charge in [0.15, 0.2) is 0 Å². The molecule has 6 nitrogen and oxygen atoms in total. The number of ether oxygens (including phenoxy) is 1. The van der Waals surface area contributed by atoms with Gasteiger partial charge in [-0.2, -0.15) is 0 Å². The monoisotopic (exact) mass is 343 g/mol. The van der Waals surface area contributed by atoms with E-state index in [9.17, 15) is 9.59 Å². The molecule has 3 aliphatic heterocycles. The van der Waals surface area contributed by atoms with Gasteiger partial charge in [-0.15, -0.1) is 0 Å². The van der Waals surface area contributed by atoms with Crippen molar-refractivity contribution in [2.75, 3.05) is 26.3 Å². The Kier molecular flexibility index (Phi) is 4.72. The fraction of sp³-hybridized carbons (Fsp3) is 0.579. The van der Waals surface area contributed by atoms with Crippen LogP contribution in [0.1, 0.15) is 24.8 Å². The molecule has 3 aliphatic rings. The van der Waals surface area contributed by atoms with Gasteiger partial charge in [0.25, 0.3) is 0 Å². The Bertz CT molecular complexity index is 622. The summed E-state index contributed by atoms with van der Waals surface area (Å²) in [6, 6.07) is 9.87. The average molecular weight is 343 g/mol. The predicted octanol–water partition coefficient (Wildman–Crippen LogP) is 0.767. The summed E-state index contributed by atoms with van der Waals surface area (Å²) in [5.74, 6) is -0.0473. The fourth-order valence-electron chi connectivity index (χ4n) is 4.30. The van der Waals surface area contributed by atoms with E-state index in [1.807, 2.05) is 35.2 Å². The van der Waals surface area contributed by atoms with Crippen molar-refractivity contribution in [2.24, 2.45) is 0 Å². The number of morpholine rings is 1. The fourth-order valence-corrected chi connectivity index (χ4v) is 4.30. The Morgan fingerprint density at radius 3 is 2.80 bits per heavy atom. The third kappa shape index (κ3) is 3.28. The van der Waals surface area contributed by atoms with Gasteiger partial charge in [0, 0.05) is 25.2 Å². The highest BCUT2D eigenvalue weighted by molar-refractivity contribution is 5.89. The quantitative estimate of drug-likeness (QED) is 0.881. The van der Waals surface area contributed by atoms with E-state index < -0.39 is 6.04 Å². The lowest BCUT2D eigenvalue weighted by Gasteiger charge is -2.39. The number of fused-ring (bicyclic) bond motifs is 2. The van der Waals surface area contributed by atoms with Crippen LogP contribution in [0.25, 0.3) is 0 Å². The maximum Gasteiger partial charge on any atom is 0.249 e. The Morgan fingerprint density at radius 2 is 1.96 bits per heavy atom. The molecular formula is C19H25N3O3. The molecule has 25 heavy (non-hydrogen) atoms. The lowest BCUT2D eigenvalue weighted by Crippen LogP contribution is -2.59. The zero-order valence-electron chi connectivity index (χ0n) is 14.4. The zero-order valence-corrected chi connectivity index (χ0v) is 14.4. The van der Waals surface area contributed by atoms with E-state index in [2.05, 4.69) is 5.32 Å². The van der Waals surface area contributed by atoms with Crippen LogP contribution in [-0.4, -0.2) is 66.0 Å². The summed E-state index contributed by atoms with van der Waals surface area (Å²) in [5.41, 5.74) is 1.04. The first-order valence-corrected chi connectivity index (χ1v) is 9.18. The normalized spacial score (nSPS) is 29.6. The summed E-state index contributed by atoms with van der Waals surface area (Å²) < 4.78 is 5.44. The number of benzene rings is 1. The topological polar surface area (TPSA) is 61.9 Å². The SMILES string of the molecule is O=C1COCC(C(=O)N2C3CCNCC2CC3)N1Cc1ccccc1. The van der Waals surface area contributed by atoms with Crippen LogP contribution in [0.15, 0.2) is 30.3 Å². The smallest absolute Gasteiger partial charge is 0.249 e. The van der Waals surface area contributed by atoms with Crippen LogP contribution in [0.5, 0.6) is 0 Å². The van der Waals surface area contributed by atoms with E-state index in [1.165, 1.54) is 0 Å². The second-order valence-corrected chi connectivity index (χ2v) is 7.16. The van der Waals surface area contributed by atoms with E-state index in [0.29, 0.717) is 19.2 Å². The molecule has 3 fully saturated rings. The minimum atomic E-state index is -0.511. The van der Waals surface area contributed by atoms with Gasteiger partial charge in [0.1, 0.15) is 12.6 Å². The van der Waals surface area contributed by atoms with Gasteiger partial charge in [-0.25, -0.2) is 0 Å². The van der Waals surface area contributed by atoms with Gasteiger partial charge in [0.05, 0.1) is 6.61 Å². The van der Waals surface area contributed by atoms with Crippen molar-refractivity contribution in [3.8, 4) is 0 Å². The van der Waals surface area contributed by atoms with Gasteiger partial charge < -0.3 is 19.9 Å². The van der Waals surface area contributed by atoms with Crippen LogP contribution >= 0.6 is 0 Å². The molecule has 0 spiro atoms. The molecule has 2 bridgehead atoms. The maximum atomic E-state index is 13.3. The van der Waals surface area contributed by atoms with Crippen molar-refractivity contribution in [1.82, 2.24) is 15.1 Å². The number of amides is 2. The molecule has 3 atom stereocenters. The molecule has 0 saturated carbocycles. The first kappa shape index (κ1) is 16.5. The molecule has 3 saturated heterocycles. The van der Waals surface area contributed by atoms with E-state index in [1.54, 1.807) is 4.90 Å². The van der Waals surface area contributed by atoms with Crippen molar-refractivity contribution in [2.45, 2.75) is 43.9 Å². The predicted molar refractivity (Wildman–Crippen MR) is 92.7 cm³/mol. The highest BCUT2D eigenvalue weighted by Gasteiger charge is 2.44. The third-order valence-electron chi connectivity index (χ3n) is 5.59. The highest BCUT2D eigenvalue weighted by atomic mass is 16.5. The van der Waals surface area contributed by atoms with E-state index >= 15 is 0 Å². The van der Waals surface area contributed by atoms with Gasteiger partial charge in [-0.3, -0.25) is 9.59 Å². The number of nitrogens with zero attached hydrogens (tertiary/aromatic N) is 2. The Balaban J connectivity index is 1.55. The zero-order chi connectivity index (χ0) is 17.2. The summed E-state index contributed by atoms with van der Waals surface area (Å²) in [4.78, 5) is 29.6. The van der Waals surface area contributed by atoms with Crippen LogP contribution in [0.3, 0.4) is 0 Å². The molecule has 6 heteroatoms. The Hall–Kier alpha value is -1.92. The molecule has 0 aromatic heterocycles. The van der Waals surface area contributed by atoms with Crippen LogP contribution in [0.4, 0.5) is 0 Å². The molecule has 3 heterocycles. The number of hydrogen-bond donors (Lipinski definition) is 1. The maximum absolute atomic E-state index is 13.3. The van der Waals surface area contributed by atoms with Crippen LogP contribution < -0.4 is 5.32 Å². The van der Waals surface area contributed by atoms with Crippen molar-refractivity contribution >= 4 is 11.8 Å². The summed E-state index contributed by atoms with van der Waals surface area (Å²) in [6.45, 7) is 2.62. The number of hydrogen-bond acceptors (Lipinski definition) is 4. The summed E-state index contributed by atoms with van der Waals surface area (Å²) in [6.07, 6.45) is 3.10. The number of rotatable bonds is 3. The largest absolute Gasteiger partial charge is 0.369 e. The molecule has 2 amide bonds. The van der Waals surface area contributed by atoms with Crippen LogP contribution in [0.2, 0.25) is 0 Å². The lowest BCUT2D eigenvalue weighted by atomic mass is 10.1. The van der Waals surface area contributed by atoms with Crippen LogP contribution in [-0.2, 0) is 20.9 Å². The molecular weight excluding hydrogens is 318 g/mol. The Labute approximate surface area is 148 Å².